The second-order valence-corrected chi connectivity index (χ2v) is 9.86. The zero-order chi connectivity index (χ0) is 19.0. The first-order chi connectivity index (χ1) is 12.9. The third-order valence-corrected chi connectivity index (χ3v) is 7.74. The van der Waals surface area contributed by atoms with E-state index in [0.717, 1.165) is 29.4 Å². The first-order valence-corrected chi connectivity index (χ1v) is 11.4. The summed E-state index contributed by atoms with van der Waals surface area (Å²) in [6.45, 7) is 0.362. The number of nitrogens with zero attached hydrogens (tertiary/aromatic N) is 1. The number of carbonyl (C=O) groups excluding carboxylic acids is 1. The fraction of sp³-hybridized carbons (Fsp3) is 0.350. The van der Waals surface area contributed by atoms with Gasteiger partial charge in [0.2, 0.25) is 15.9 Å². The minimum Gasteiger partial charge on any atom is -0.325 e. The van der Waals surface area contributed by atoms with Crippen molar-refractivity contribution < 1.29 is 13.2 Å². The van der Waals surface area contributed by atoms with E-state index in [9.17, 15) is 13.2 Å². The number of fused-ring (bicyclic) bond motifs is 1. The highest BCUT2D eigenvalue weighted by atomic mass is 79.9. The van der Waals surface area contributed by atoms with Gasteiger partial charge in [-0.2, -0.15) is 4.31 Å². The van der Waals surface area contributed by atoms with Crippen LogP contribution in [0.25, 0.3) is 0 Å². The van der Waals surface area contributed by atoms with Crippen molar-refractivity contribution in [2.45, 2.75) is 43.0 Å². The summed E-state index contributed by atoms with van der Waals surface area (Å²) >= 11 is 3.32. The number of hydrogen-bond acceptors (Lipinski definition) is 3. The van der Waals surface area contributed by atoms with Gasteiger partial charge in [-0.05, 0) is 79.6 Å². The summed E-state index contributed by atoms with van der Waals surface area (Å²) in [6.07, 6.45) is 4.48. The maximum atomic E-state index is 13.0. The molecule has 1 aliphatic carbocycles. The standard InChI is InChI=1S/C20H21BrN2O3S/c21-16-7-10-18(11-8-16)27(25,26)23-12-2-5-19(23)20(24)22-17-9-6-14-3-1-4-15(14)13-17/h6-11,13,19H,1-5,12H2,(H,22,24). The summed E-state index contributed by atoms with van der Waals surface area (Å²) < 4.78 is 28.1. The molecule has 0 bridgehead atoms. The van der Waals surface area contributed by atoms with Gasteiger partial charge in [-0.15, -0.1) is 0 Å². The smallest absolute Gasteiger partial charge is 0.243 e. The molecule has 2 aliphatic rings. The topological polar surface area (TPSA) is 66.5 Å². The predicted octanol–water partition coefficient (Wildman–Crippen LogP) is 3.73. The van der Waals surface area contributed by atoms with Gasteiger partial charge in [0.25, 0.3) is 0 Å². The molecule has 1 saturated heterocycles. The molecular weight excluding hydrogens is 428 g/mol. The Morgan fingerprint density at radius 2 is 1.78 bits per heavy atom. The highest BCUT2D eigenvalue weighted by Crippen LogP contribution is 2.29. The van der Waals surface area contributed by atoms with Gasteiger partial charge >= 0.3 is 0 Å². The van der Waals surface area contributed by atoms with Crippen LogP contribution in [0.15, 0.2) is 51.8 Å². The predicted molar refractivity (Wildman–Crippen MR) is 108 cm³/mol. The molecule has 1 N–H and O–H groups in total. The van der Waals surface area contributed by atoms with Crippen molar-refractivity contribution in [3.05, 3.63) is 58.1 Å². The van der Waals surface area contributed by atoms with Crippen LogP contribution in [0.4, 0.5) is 5.69 Å². The molecule has 0 aromatic heterocycles. The summed E-state index contributed by atoms with van der Waals surface area (Å²) in [5.74, 6) is -0.258. The van der Waals surface area contributed by atoms with E-state index < -0.39 is 16.1 Å². The lowest BCUT2D eigenvalue weighted by atomic mass is 10.1. The summed E-state index contributed by atoms with van der Waals surface area (Å²) in [6, 6.07) is 11.8. The van der Waals surface area contributed by atoms with Crippen molar-refractivity contribution in [1.82, 2.24) is 4.31 Å². The summed E-state index contributed by atoms with van der Waals surface area (Å²) in [5.41, 5.74) is 3.36. The number of carbonyl (C=O) groups is 1. The van der Waals surface area contributed by atoms with E-state index in [1.807, 2.05) is 12.1 Å². The second kappa shape index (κ2) is 7.37. The zero-order valence-electron chi connectivity index (χ0n) is 14.8. The minimum absolute atomic E-state index is 0.211. The first-order valence-electron chi connectivity index (χ1n) is 9.15. The Morgan fingerprint density at radius 1 is 1.04 bits per heavy atom. The molecule has 4 rings (SSSR count). The summed E-state index contributed by atoms with van der Waals surface area (Å²) in [7, 11) is -3.70. The number of halogens is 1. The van der Waals surface area contributed by atoms with Crippen LogP contribution in [-0.4, -0.2) is 31.2 Å². The van der Waals surface area contributed by atoms with Crippen molar-refractivity contribution in [1.29, 1.82) is 0 Å². The van der Waals surface area contributed by atoms with Crippen molar-refractivity contribution in [3.63, 3.8) is 0 Å². The fourth-order valence-corrected chi connectivity index (χ4v) is 5.83. The Hall–Kier alpha value is -1.70. The molecule has 2 aromatic rings. The van der Waals surface area contributed by atoms with Crippen molar-refractivity contribution in [2.24, 2.45) is 0 Å². The first kappa shape index (κ1) is 18.7. The summed E-state index contributed by atoms with van der Waals surface area (Å²) in [5, 5.41) is 2.92. The van der Waals surface area contributed by atoms with Crippen LogP contribution in [0.1, 0.15) is 30.4 Å². The number of amides is 1. The number of benzene rings is 2. The average molecular weight is 449 g/mol. The van der Waals surface area contributed by atoms with Crippen LogP contribution in [0.2, 0.25) is 0 Å². The lowest BCUT2D eigenvalue weighted by Gasteiger charge is -2.23. The van der Waals surface area contributed by atoms with Gasteiger partial charge in [0, 0.05) is 16.7 Å². The number of hydrogen-bond donors (Lipinski definition) is 1. The monoisotopic (exact) mass is 448 g/mol. The SMILES string of the molecule is O=C(Nc1ccc2c(c1)CCC2)C1CCCN1S(=O)(=O)c1ccc(Br)cc1. The number of sulfonamides is 1. The molecule has 1 fully saturated rings. The van der Waals surface area contributed by atoms with E-state index in [2.05, 4.69) is 27.3 Å². The lowest BCUT2D eigenvalue weighted by Crippen LogP contribution is -2.43. The van der Waals surface area contributed by atoms with Crippen LogP contribution in [0.3, 0.4) is 0 Å². The Labute approximate surface area is 167 Å². The molecule has 0 radical (unpaired) electrons. The lowest BCUT2D eigenvalue weighted by molar-refractivity contribution is -0.119. The van der Waals surface area contributed by atoms with Crippen LogP contribution in [0.5, 0.6) is 0 Å². The number of aryl methyl sites for hydroxylation is 2. The van der Waals surface area contributed by atoms with Gasteiger partial charge in [-0.1, -0.05) is 22.0 Å². The molecule has 1 unspecified atom stereocenters. The maximum absolute atomic E-state index is 13.0. The Kier molecular flexibility index (Phi) is 5.09. The Bertz CT molecular complexity index is 973. The second-order valence-electron chi connectivity index (χ2n) is 7.05. The number of nitrogens with one attached hydrogen (secondary N) is 1. The minimum atomic E-state index is -3.70. The Balaban J connectivity index is 1.54. The molecule has 1 aliphatic heterocycles. The van der Waals surface area contributed by atoms with Gasteiger partial charge in [-0.3, -0.25) is 4.79 Å². The number of anilines is 1. The molecule has 2 aromatic carbocycles. The molecule has 7 heteroatoms. The number of rotatable bonds is 4. The molecule has 5 nitrogen and oxygen atoms in total. The van der Waals surface area contributed by atoms with Crippen LogP contribution >= 0.6 is 15.9 Å². The zero-order valence-corrected chi connectivity index (χ0v) is 17.2. The van der Waals surface area contributed by atoms with Crippen LogP contribution < -0.4 is 5.32 Å². The van der Waals surface area contributed by atoms with Crippen molar-refractivity contribution in [3.8, 4) is 0 Å². The van der Waals surface area contributed by atoms with E-state index in [4.69, 9.17) is 0 Å². The van der Waals surface area contributed by atoms with Gasteiger partial charge in [0.15, 0.2) is 0 Å². The van der Waals surface area contributed by atoms with Gasteiger partial charge < -0.3 is 5.32 Å². The molecule has 0 saturated carbocycles. The largest absolute Gasteiger partial charge is 0.325 e. The van der Waals surface area contributed by atoms with Crippen LogP contribution in [0, 0.1) is 0 Å². The Morgan fingerprint density at radius 3 is 2.56 bits per heavy atom. The van der Waals surface area contributed by atoms with Gasteiger partial charge in [-0.25, -0.2) is 8.42 Å². The van der Waals surface area contributed by atoms with E-state index in [1.54, 1.807) is 24.3 Å². The maximum Gasteiger partial charge on any atom is 0.243 e. The molecule has 1 atom stereocenters. The van der Waals surface area contributed by atoms with Gasteiger partial charge in [0.1, 0.15) is 6.04 Å². The van der Waals surface area contributed by atoms with E-state index in [1.165, 1.54) is 15.4 Å². The summed E-state index contributed by atoms with van der Waals surface area (Å²) in [4.78, 5) is 13.0. The third kappa shape index (κ3) is 3.68. The molecule has 0 spiro atoms. The third-order valence-electron chi connectivity index (χ3n) is 5.29. The molecule has 1 amide bonds. The molecule has 27 heavy (non-hydrogen) atoms. The fourth-order valence-electron chi connectivity index (χ4n) is 3.91. The van der Waals surface area contributed by atoms with Crippen molar-refractivity contribution >= 4 is 37.5 Å². The van der Waals surface area contributed by atoms with Gasteiger partial charge in [0.05, 0.1) is 4.90 Å². The average Bonchev–Trinajstić information content (AvgIpc) is 3.31. The molecular formula is C20H21BrN2O3S. The van der Waals surface area contributed by atoms with Crippen LogP contribution in [-0.2, 0) is 27.7 Å². The van der Waals surface area contributed by atoms with E-state index >= 15 is 0 Å². The van der Waals surface area contributed by atoms with E-state index in [-0.39, 0.29) is 10.8 Å². The molecule has 1 heterocycles. The quantitative estimate of drug-likeness (QED) is 0.774. The normalized spacial score (nSPS) is 19.8. The highest BCUT2D eigenvalue weighted by Gasteiger charge is 2.39. The van der Waals surface area contributed by atoms with E-state index in [0.29, 0.717) is 19.4 Å². The van der Waals surface area contributed by atoms with Crippen molar-refractivity contribution in [2.75, 3.05) is 11.9 Å². The molecule has 142 valence electrons. The highest BCUT2D eigenvalue weighted by molar-refractivity contribution is 9.10.